The highest BCUT2D eigenvalue weighted by molar-refractivity contribution is 6.77. The molecule has 0 spiro atoms. The lowest BCUT2D eigenvalue weighted by Crippen LogP contribution is -2.50. The van der Waals surface area contributed by atoms with Gasteiger partial charge in [0, 0.05) is 53.5 Å². The number of nitrogens with zero attached hydrogens (tertiary/aromatic N) is 4. The highest BCUT2D eigenvalue weighted by atomic mass is 28.4. The van der Waals surface area contributed by atoms with Crippen molar-refractivity contribution >= 4 is 30.9 Å². The van der Waals surface area contributed by atoms with Crippen LogP contribution < -0.4 is 4.90 Å². The van der Waals surface area contributed by atoms with Crippen molar-refractivity contribution in [2.24, 2.45) is 0 Å². The molecule has 2 fully saturated rings. The molecule has 39 heavy (non-hydrogen) atoms. The van der Waals surface area contributed by atoms with Crippen LogP contribution in [0.5, 0.6) is 0 Å². The molecule has 3 aromatic rings. The summed E-state index contributed by atoms with van der Waals surface area (Å²) in [6.45, 7) is 16.2. The lowest BCUT2D eigenvalue weighted by molar-refractivity contribution is -0.138. The van der Waals surface area contributed by atoms with Crippen LogP contribution in [0.1, 0.15) is 83.4 Å². The van der Waals surface area contributed by atoms with Crippen molar-refractivity contribution in [3.8, 4) is 0 Å². The number of pyridine rings is 1. The van der Waals surface area contributed by atoms with Crippen LogP contribution in [-0.2, 0) is 9.22 Å². The Labute approximate surface area is 233 Å². The van der Waals surface area contributed by atoms with Gasteiger partial charge < -0.3 is 14.4 Å². The van der Waals surface area contributed by atoms with E-state index in [0.29, 0.717) is 41.4 Å². The molecule has 1 aromatic carbocycles. The van der Waals surface area contributed by atoms with Gasteiger partial charge in [-0.15, -0.1) is 0 Å². The molecule has 0 amide bonds. The van der Waals surface area contributed by atoms with Crippen LogP contribution in [0.2, 0.25) is 16.6 Å². The summed E-state index contributed by atoms with van der Waals surface area (Å²) < 4.78 is 7.03. The first-order chi connectivity index (χ1) is 18.5. The van der Waals surface area contributed by atoms with Gasteiger partial charge in [-0.25, -0.2) is 14.8 Å². The van der Waals surface area contributed by atoms with Gasteiger partial charge in [0.1, 0.15) is 11.9 Å². The van der Waals surface area contributed by atoms with Crippen LogP contribution in [0, 0.1) is 6.92 Å². The molecule has 1 saturated carbocycles. The highest BCUT2D eigenvalue weighted by Crippen LogP contribution is 2.53. The topological polar surface area (TPSA) is 88.4 Å². The van der Waals surface area contributed by atoms with Gasteiger partial charge in [-0.3, -0.25) is 4.98 Å². The number of anilines is 1. The number of aliphatic carboxylic acids is 1. The number of hydrogen-bond donors (Lipinski definition) is 1. The lowest BCUT2D eigenvalue weighted by atomic mass is 10.1. The Balaban J connectivity index is 1.40. The van der Waals surface area contributed by atoms with Crippen LogP contribution in [-0.4, -0.2) is 53.0 Å². The zero-order valence-electron chi connectivity index (χ0n) is 24.3. The quantitative estimate of drug-likeness (QED) is 0.294. The Bertz CT molecular complexity index is 1340. The first kappa shape index (κ1) is 27.7. The smallest absolute Gasteiger partial charge is 0.326 e. The van der Waals surface area contributed by atoms with Crippen LogP contribution in [0.15, 0.2) is 42.6 Å². The second kappa shape index (κ2) is 10.6. The molecule has 1 saturated heterocycles. The summed E-state index contributed by atoms with van der Waals surface area (Å²) in [6, 6.07) is 11.7. The van der Waals surface area contributed by atoms with Crippen molar-refractivity contribution in [2.75, 3.05) is 11.4 Å². The zero-order valence-corrected chi connectivity index (χ0v) is 25.3. The minimum absolute atomic E-state index is 0.0958. The molecular weight excluding hydrogens is 504 g/mol. The van der Waals surface area contributed by atoms with E-state index in [0.717, 1.165) is 40.2 Å². The SMILES string of the molecule is Cc1ccnc([C@H]2C[C@@H]2c2ccc3ccc(N4C[C@@H](O[Si](C(C)C)(C(C)C)C(C)C)C[C@@H]4C(=O)O)cc3n2)n1. The standard InChI is InChI=1S/C31H42N4O3Si/c1-18(2)39(19(3)4,20(5)6)38-24-15-29(31(36)37)35(17-24)23-10-8-22-9-11-27(34-28(22)14-23)25-16-26(25)30-32-13-12-21(7)33-30/h8-14,18-20,24-26,29H,15-17H2,1-7H3,(H,36,37)/t24-,25-,26-,29+/m0/s1. The molecule has 7 nitrogen and oxygen atoms in total. The average Bonchev–Trinajstić information content (AvgIpc) is 3.57. The zero-order chi connectivity index (χ0) is 28.1. The molecule has 1 N–H and O–H groups in total. The van der Waals surface area contributed by atoms with Gasteiger partial charge in [0.05, 0.1) is 11.6 Å². The molecule has 8 heteroatoms. The number of fused-ring (bicyclic) bond motifs is 1. The van der Waals surface area contributed by atoms with E-state index in [9.17, 15) is 9.90 Å². The maximum atomic E-state index is 12.4. The average molecular weight is 547 g/mol. The van der Waals surface area contributed by atoms with Gasteiger partial charge in [0.25, 0.3) is 0 Å². The van der Waals surface area contributed by atoms with Crippen LogP contribution in [0.25, 0.3) is 10.9 Å². The fourth-order valence-corrected chi connectivity index (χ4v) is 12.6. The fraction of sp³-hybridized carbons (Fsp3) is 0.548. The second-order valence-corrected chi connectivity index (χ2v) is 17.8. The van der Waals surface area contributed by atoms with Gasteiger partial charge >= 0.3 is 5.97 Å². The summed E-state index contributed by atoms with van der Waals surface area (Å²) in [7, 11) is -2.12. The van der Waals surface area contributed by atoms with Crippen LogP contribution in [0.4, 0.5) is 5.69 Å². The van der Waals surface area contributed by atoms with E-state index in [1.54, 1.807) is 0 Å². The molecule has 3 heterocycles. The maximum absolute atomic E-state index is 12.4. The van der Waals surface area contributed by atoms with Gasteiger partial charge in [-0.1, -0.05) is 53.7 Å². The van der Waals surface area contributed by atoms with E-state index in [1.807, 2.05) is 30.2 Å². The number of carbonyl (C=O) groups is 1. The Morgan fingerprint density at radius 1 is 0.974 bits per heavy atom. The molecule has 4 atom stereocenters. The van der Waals surface area contributed by atoms with E-state index in [2.05, 4.69) is 75.8 Å². The van der Waals surface area contributed by atoms with Gasteiger partial charge in [-0.05, 0) is 54.2 Å². The predicted octanol–water partition coefficient (Wildman–Crippen LogP) is 6.83. The Hall–Kier alpha value is -2.84. The third-order valence-electron chi connectivity index (χ3n) is 8.97. The summed E-state index contributed by atoms with van der Waals surface area (Å²) in [5, 5.41) is 11.2. The summed E-state index contributed by atoms with van der Waals surface area (Å²) in [4.78, 5) is 28.5. The Morgan fingerprint density at radius 2 is 1.67 bits per heavy atom. The molecular formula is C31H42N4O3Si. The summed E-state index contributed by atoms with van der Waals surface area (Å²) in [6.07, 6.45) is 3.24. The van der Waals surface area contributed by atoms with Crippen molar-refractivity contribution in [1.29, 1.82) is 0 Å². The number of carboxylic acid groups (broad SMARTS) is 1. The van der Waals surface area contributed by atoms with Crippen molar-refractivity contribution in [1.82, 2.24) is 15.0 Å². The Kier molecular flexibility index (Phi) is 7.54. The molecule has 208 valence electrons. The monoisotopic (exact) mass is 546 g/mol. The fourth-order valence-electron chi connectivity index (χ4n) is 7.06. The number of rotatable bonds is 9. The minimum Gasteiger partial charge on any atom is -0.480 e. The Morgan fingerprint density at radius 3 is 2.31 bits per heavy atom. The number of hydrogen-bond acceptors (Lipinski definition) is 6. The largest absolute Gasteiger partial charge is 0.480 e. The molecule has 0 radical (unpaired) electrons. The van der Waals surface area contributed by atoms with Crippen molar-refractivity contribution in [3.05, 3.63) is 59.8 Å². The van der Waals surface area contributed by atoms with E-state index in [4.69, 9.17) is 9.41 Å². The van der Waals surface area contributed by atoms with Crippen LogP contribution >= 0.6 is 0 Å². The summed E-state index contributed by atoms with van der Waals surface area (Å²) in [5.41, 5.74) is 5.18. The first-order valence-electron chi connectivity index (χ1n) is 14.4. The molecule has 5 rings (SSSR count). The predicted molar refractivity (Wildman–Crippen MR) is 158 cm³/mol. The van der Waals surface area contributed by atoms with Gasteiger partial charge in [0.15, 0.2) is 0 Å². The van der Waals surface area contributed by atoms with E-state index >= 15 is 0 Å². The third-order valence-corrected chi connectivity index (χ3v) is 15.1. The maximum Gasteiger partial charge on any atom is 0.326 e. The highest BCUT2D eigenvalue weighted by Gasteiger charge is 2.49. The summed E-state index contributed by atoms with van der Waals surface area (Å²) >= 11 is 0. The first-order valence-corrected chi connectivity index (χ1v) is 16.5. The van der Waals surface area contributed by atoms with E-state index in [-0.39, 0.29) is 6.10 Å². The number of carboxylic acids is 1. The molecule has 1 aliphatic carbocycles. The third kappa shape index (κ3) is 5.21. The number of benzene rings is 1. The van der Waals surface area contributed by atoms with Gasteiger partial charge in [-0.2, -0.15) is 0 Å². The van der Waals surface area contributed by atoms with Crippen molar-refractivity contribution in [2.45, 2.75) is 102 Å². The molecule has 2 aliphatic rings. The van der Waals surface area contributed by atoms with Gasteiger partial charge in [0.2, 0.25) is 8.32 Å². The van der Waals surface area contributed by atoms with E-state index < -0.39 is 20.3 Å². The number of aryl methyl sites for hydroxylation is 1. The number of aromatic nitrogens is 3. The minimum atomic E-state index is -2.12. The molecule has 2 aromatic heterocycles. The molecule has 0 bridgehead atoms. The van der Waals surface area contributed by atoms with Crippen LogP contribution in [0.3, 0.4) is 0 Å². The second-order valence-electron chi connectivity index (χ2n) is 12.4. The summed E-state index contributed by atoms with van der Waals surface area (Å²) in [5.74, 6) is 0.718. The van der Waals surface area contributed by atoms with E-state index in [1.165, 1.54) is 0 Å². The molecule has 0 unspecified atom stereocenters. The lowest BCUT2D eigenvalue weighted by Gasteiger charge is -2.44. The van der Waals surface area contributed by atoms with Crippen molar-refractivity contribution < 1.29 is 14.3 Å². The van der Waals surface area contributed by atoms with Crippen molar-refractivity contribution in [3.63, 3.8) is 0 Å². The normalized spacial score (nSPS) is 23.4. The molecule has 1 aliphatic heterocycles.